The molecular weight excluding hydrogens is 440 g/mol. The lowest BCUT2D eigenvalue weighted by Crippen LogP contribution is -2.27. The number of hydrazine groups is 1. The fourth-order valence-electron chi connectivity index (χ4n) is 2.90. The van der Waals surface area contributed by atoms with E-state index in [2.05, 4.69) is 5.32 Å². The molecule has 1 aromatic heterocycles. The summed E-state index contributed by atoms with van der Waals surface area (Å²) in [5, 5.41) is 24.0. The minimum absolute atomic E-state index is 0.0433. The molecule has 1 aromatic carbocycles. The molecule has 0 radical (unpaired) electrons. The standard InChI is InChI=1S/C13H11F2NO2S.C9H14N2O2/c1-6-3-4-7(11(15)10(6)14)8-5-19-12(16-2)9(8)13(17)18;1-13-9-5-2-6-11(10)8(9)4-3-7-12/h3-5,16H,1-2H3,(H,17,18);2,4-6,12H,3,7,10H2,1H3/b;8-4-. The van der Waals surface area contributed by atoms with E-state index in [0.717, 1.165) is 17.0 Å². The van der Waals surface area contributed by atoms with Gasteiger partial charge in [-0.25, -0.2) is 19.4 Å². The van der Waals surface area contributed by atoms with Crippen molar-refractivity contribution >= 4 is 22.3 Å². The van der Waals surface area contributed by atoms with Crippen LogP contribution in [-0.2, 0) is 4.74 Å². The Balaban J connectivity index is 0.000000244. The Morgan fingerprint density at radius 2 is 2.03 bits per heavy atom. The number of thiophene rings is 1. The fraction of sp³-hybridized carbons (Fsp3) is 0.227. The third kappa shape index (κ3) is 5.52. The second kappa shape index (κ2) is 11.4. The summed E-state index contributed by atoms with van der Waals surface area (Å²) in [5.41, 5.74) is 1.05. The maximum Gasteiger partial charge on any atom is 0.339 e. The molecule has 1 aliphatic rings. The number of nitrogens with zero attached hydrogens (tertiary/aromatic N) is 1. The van der Waals surface area contributed by atoms with Gasteiger partial charge in [-0.05, 0) is 31.1 Å². The van der Waals surface area contributed by atoms with Crippen molar-refractivity contribution < 1.29 is 28.5 Å². The molecule has 0 saturated carbocycles. The summed E-state index contributed by atoms with van der Waals surface area (Å²) in [5.74, 6) is 3.21. The molecule has 0 saturated heterocycles. The zero-order chi connectivity index (χ0) is 23.8. The maximum absolute atomic E-state index is 13.9. The van der Waals surface area contributed by atoms with Crippen molar-refractivity contribution in [2.24, 2.45) is 5.84 Å². The Morgan fingerprint density at radius 1 is 1.31 bits per heavy atom. The van der Waals surface area contributed by atoms with Crippen LogP contribution in [0.1, 0.15) is 22.3 Å². The first kappa shape index (κ1) is 25.1. The summed E-state index contributed by atoms with van der Waals surface area (Å²) in [4.78, 5) is 11.2. The van der Waals surface area contributed by atoms with Gasteiger partial charge in [-0.15, -0.1) is 11.3 Å². The van der Waals surface area contributed by atoms with E-state index < -0.39 is 17.6 Å². The second-order valence-electron chi connectivity index (χ2n) is 6.55. The van der Waals surface area contributed by atoms with Crippen LogP contribution < -0.4 is 11.2 Å². The summed E-state index contributed by atoms with van der Waals surface area (Å²) in [6.45, 7) is 1.56. The van der Waals surface area contributed by atoms with Crippen LogP contribution in [0.25, 0.3) is 11.1 Å². The molecule has 0 spiro atoms. The van der Waals surface area contributed by atoms with Crippen molar-refractivity contribution in [3.8, 4) is 11.1 Å². The first-order chi connectivity index (χ1) is 15.3. The van der Waals surface area contributed by atoms with Gasteiger partial charge in [0.25, 0.3) is 0 Å². The highest BCUT2D eigenvalue weighted by Gasteiger charge is 2.22. The van der Waals surface area contributed by atoms with Crippen LogP contribution in [0.5, 0.6) is 0 Å². The number of nitrogens with two attached hydrogens (primary N) is 1. The van der Waals surface area contributed by atoms with Crippen LogP contribution in [0.2, 0.25) is 0 Å². The quantitative estimate of drug-likeness (QED) is 0.473. The maximum atomic E-state index is 13.9. The molecule has 1 aliphatic heterocycles. The van der Waals surface area contributed by atoms with Gasteiger partial charge in [-0.2, -0.15) is 0 Å². The van der Waals surface area contributed by atoms with Crippen molar-refractivity contribution in [1.82, 2.24) is 5.01 Å². The lowest BCUT2D eigenvalue weighted by Gasteiger charge is -2.22. The van der Waals surface area contributed by atoms with Gasteiger partial charge in [0.2, 0.25) is 0 Å². The Hall–Kier alpha value is -3.21. The number of hydrogen-bond acceptors (Lipinski definition) is 7. The summed E-state index contributed by atoms with van der Waals surface area (Å²) < 4.78 is 32.6. The molecular formula is C22H25F2N3O4S. The van der Waals surface area contributed by atoms with Gasteiger partial charge >= 0.3 is 5.97 Å². The van der Waals surface area contributed by atoms with Gasteiger partial charge in [0.1, 0.15) is 16.3 Å². The average Bonchev–Trinajstić information content (AvgIpc) is 3.21. The average molecular weight is 466 g/mol. The van der Waals surface area contributed by atoms with Crippen LogP contribution in [-0.4, -0.2) is 42.0 Å². The van der Waals surface area contributed by atoms with Crippen LogP contribution in [0.3, 0.4) is 0 Å². The van der Waals surface area contributed by atoms with Crippen molar-refractivity contribution in [3.63, 3.8) is 0 Å². The minimum Gasteiger partial charge on any atom is -0.495 e. The second-order valence-corrected chi connectivity index (χ2v) is 7.43. The Kier molecular flexibility index (Phi) is 8.94. The van der Waals surface area contributed by atoms with E-state index in [9.17, 15) is 18.7 Å². The summed E-state index contributed by atoms with van der Waals surface area (Å²) in [6, 6.07) is 2.82. The summed E-state index contributed by atoms with van der Waals surface area (Å²) in [6.07, 6.45) is 7.75. The van der Waals surface area contributed by atoms with E-state index in [4.69, 9.17) is 15.7 Å². The summed E-state index contributed by atoms with van der Waals surface area (Å²) >= 11 is 1.14. The first-order valence-corrected chi connectivity index (χ1v) is 10.4. The molecule has 0 fully saturated rings. The molecule has 2 aromatic rings. The van der Waals surface area contributed by atoms with Crippen LogP contribution in [0, 0.1) is 18.6 Å². The van der Waals surface area contributed by atoms with Gasteiger partial charge in [0.15, 0.2) is 11.6 Å². The van der Waals surface area contributed by atoms with Crippen LogP contribution >= 0.6 is 11.3 Å². The number of aliphatic hydroxyl groups excluding tert-OH is 1. The fourth-order valence-corrected chi connectivity index (χ4v) is 3.82. The highest BCUT2D eigenvalue weighted by atomic mass is 32.1. The van der Waals surface area contributed by atoms with Crippen molar-refractivity contribution in [2.75, 3.05) is 26.1 Å². The number of hydrogen-bond donors (Lipinski definition) is 4. The van der Waals surface area contributed by atoms with E-state index in [0.29, 0.717) is 17.2 Å². The number of aliphatic hydroxyl groups is 1. The lowest BCUT2D eigenvalue weighted by molar-refractivity contribution is 0.0699. The monoisotopic (exact) mass is 465 g/mol. The van der Waals surface area contributed by atoms with Gasteiger partial charge in [0.05, 0.1) is 12.8 Å². The number of nitrogens with one attached hydrogen (secondary N) is 1. The molecule has 7 nitrogen and oxygen atoms in total. The van der Waals surface area contributed by atoms with E-state index in [-0.39, 0.29) is 28.9 Å². The Labute approximate surface area is 188 Å². The first-order valence-electron chi connectivity index (χ1n) is 9.52. The van der Waals surface area contributed by atoms with Crippen molar-refractivity contribution in [2.45, 2.75) is 13.3 Å². The molecule has 0 atom stereocenters. The molecule has 3 rings (SSSR count). The summed E-state index contributed by atoms with van der Waals surface area (Å²) in [7, 11) is 3.17. The molecule has 5 N–H and O–H groups in total. The highest BCUT2D eigenvalue weighted by Crippen LogP contribution is 2.37. The van der Waals surface area contributed by atoms with E-state index in [1.807, 2.05) is 12.2 Å². The number of ether oxygens (including phenoxy) is 1. The zero-order valence-electron chi connectivity index (χ0n) is 17.9. The van der Waals surface area contributed by atoms with Crippen molar-refractivity contribution in [1.29, 1.82) is 0 Å². The number of aromatic carboxylic acids is 1. The molecule has 32 heavy (non-hydrogen) atoms. The number of rotatable bonds is 6. The predicted octanol–water partition coefficient (Wildman–Crippen LogP) is 4.23. The normalized spacial score (nSPS) is 14.0. The van der Waals surface area contributed by atoms with E-state index >= 15 is 0 Å². The highest BCUT2D eigenvalue weighted by molar-refractivity contribution is 7.15. The number of carboxylic acids is 1. The topological polar surface area (TPSA) is 108 Å². The van der Waals surface area contributed by atoms with E-state index in [1.54, 1.807) is 26.4 Å². The molecule has 0 bridgehead atoms. The zero-order valence-corrected chi connectivity index (χ0v) is 18.7. The number of halogens is 2. The Morgan fingerprint density at radius 3 is 2.62 bits per heavy atom. The van der Waals surface area contributed by atoms with Gasteiger partial charge in [-0.1, -0.05) is 18.2 Å². The number of benzene rings is 1. The molecule has 172 valence electrons. The predicted molar refractivity (Wildman–Crippen MR) is 121 cm³/mol. The number of anilines is 1. The van der Waals surface area contributed by atoms with Crippen molar-refractivity contribution in [3.05, 3.63) is 76.2 Å². The SMILES string of the molecule is CNc1scc(-c2ccc(C)c(F)c2F)c1C(=O)O.COC1=CC=CN(N)/C1=C\CCO. The third-order valence-corrected chi connectivity index (χ3v) is 5.51. The van der Waals surface area contributed by atoms with E-state index in [1.165, 1.54) is 29.4 Å². The molecule has 0 amide bonds. The number of methoxy groups -OCH3 is 1. The Bertz CT molecular complexity index is 1060. The molecule has 10 heteroatoms. The van der Waals surface area contributed by atoms with Gasteiger partial charge in [0, 0.05) is 36.4 Å². The number of carboxylic acid groups (broad SMARTS) is 1. The van der Waals surface area contributed by atoms with Crippen LogP contribution in [0.4, 0.5) is 13.8 Å². The molecule has 0 unspecified atom stereocenters. The number of aryl methyl sites for hydroxylation is 1. The third-order valence-electron chi connectivity index (χ3n) is 4.51. The number of allylic oxidation sites excluding steroid dienone is 2. The lowest BCUT2D eigenvalue weighted by atomic mass is 10.0. The minimum atomic E-state index is -1.18. The molecule has 2 heterocycles. The van der Waals surface area contributed by atoms with Gasteiger partial charge < -0.3 is 20.3 Å². The largest absolute Gasteiger partial charge is 0.495 e. The number of carbonyl (C=O) groups is 1. The smallest absolute Gasteiger partial charge is 0.339 e. The molecule has 0 aliphatic carbocycles. The van der Waals surface area contributed by atoms with Crippen LogP contribution in [0.15, 0.2) is 53.4 Å². The van der Waals surface area contributed by atoms with Gasteiger partial charge in [-0.3, -0.25) is 5.01 Å².